The highest BCUT2D eigenvalue weighted by Gasteiger charge is 2.16. The lowest BCUT2D eigenvalue weighted by Crippen LogP contribution is -2.24. The predicted octanol–water partition coefficient (Wildman–Crippen LogP) is 4.31. The fourth-order valence-electron chi connectivity index (χ4n) is 1.90. The normalized spacial score (nSPS) is 17.8. The van der Waals surface area contributed by atoms with Crippen LogP contribution in [-0.2, 0) is 0 Å². The van der Waals surface area contributed by atoms with Crippen molar-refractivity contribution in [2.75, 3.05) is 13.1 Å². The molecule has 0 N–H and O–H groups in total. The molecule has 0 aliphatic carbocycles. The second kappa shape index (κ2) is 5.56. The summed E-state index contributed by atoms with van der Waals surface area (Å²) < 4.78 is 0. The third-order valence-corrected chi connectivity index (χ3v) is 3.44. The number of nitrogens with zero attached hydrogens (tertiary/aromatic N) is 2. The average molecular weight is 269 g/mol. The minimum absolute atomic E-state index is 0.543. The van der Waals surface area contributed by atoms with Crippen molar-refractivity contribution < 1.29 is 0 Å². The molecule has 0 unspecified atom stereocenters. The van der Waals surface area contributed by atoms with Crippen molar-refractivity contribution in [3.63, 3.8) is 0 Å². The smallest absolute Gasteiger partial charge is 0.105 e. The second-order valence-corrected chi connectivity index (χ2v) is 4.78. The largest absolute Gasteiger partial charge is 0.356 e. The maximum Gasteiger partial charge on any atom is 0.105 e. The molecule has 1 aliphatic heterocycles. The molecule has 0 radical (unpaired) electrons. The Hall–Kier alpha value is -0.990. The van der Waals surface area contributed by atoms with E-state index in [4.69, 9.17) is 23.2 Å². The highest BCUT2D eigenvalue weighted by atomic mass is 35.5. The number of halogens is 2. The molecule has 2 nitrogen and oxygen atoms in total. The molecular formula is C13H14Cl2N2. The van der Waals surface area contributed by atoms with Gasteiger partial charge in [0, 0.05) is 19.5 Å². The maximum atomic E-state index is 5.97. The van der Waals surface area contributed by atoms with Gasteiger partial charge in [0.05, 0.1) is 15.7 Å². The average Bonchev–Trinajstić information content (AvgIpc) is 2.72. The van der Waals surface area contributed by atoms with Crippen LogP contribution in [0.15, 0.2) is 35.8 Å². The summed E-state index contributed by atoms with van der Waals surface area (Å²) in [4.78, 5) is 6.84. The van der Waals surface area contributed by atoms with Crippen molar-refractivity contribution in [2.24, 2.45) is 4.99 Å². The van der Waals surface area contributed by atoms with Gasteiger partial charge in [-0.3, -0.25) is 0 Å². The molecule has 0 atom stereocenters. The first-order valence-electron chi connectivity index (χ1n) is 5.59. The molecule has 0 spiro atoms. The Labute approximate surface area is 112 Å². The minimum Gasteiger partial charge on any atom is -0.356 e. The number of rotatable bonds is 3. The zero-order valence-electron chi connectivity index (χ0n) is 9.50. The van der Waals surface area contributed by atoms with Gasteiger partial charge < -0.3 is 4.90 Å². The molecule has 1 heterocycles. The summed E-state index contributed by atoms with van der Waals surface area (Å²) in [5, 5.41) is 1.10. The maximum absolute atomic E-state index is 5.97. The predicted molar refractivity (Wildman–Crippen MR) is 74.6 cm³/mol. The summed E-state index contributed by atoms with van der Waals surface area (Å²) in [6.45, 7) is 5.65. The van der Waals surface area contributed by atoms with Crippen molar-refractivity contribution >= 4 is 34.7 Å². The summed E-state index contributed by atoms with van der Waals surface area (Å²) in [5.41, 5.74) is 0.852. The highest BCUT2D eigenvalue weighted by molar-refractivity contribution is 6.42. The Morgan fingerprint density at radius 3 is 2.88 bits per heavy atom. The van der Waals surface area contributed by atoms with Crippen LogP contribution in [-0.4, -0.2) is 23.8 Å². The molecule has 0 amide bonds. The summed E-state index contributed by atoms with van der Waals surface area (Å²) >= 11 is 11.8. The third kappa shape index (κ3) is 3.02. The van der Waals surface area contributed by atoms with Crippen LogP contribution in [0.2, 0.25) is 10.0 Å². The summed E-state index contributed by atoms with van der Waals surface area (Å²) in [6.07, 6.45) is 4.05. The van der Waals surface area contributed by atoms with E-state index in [1.807, 2.05) is 12.1 Å². The summed E-state index contributed by atoms with van der Waals surface area (Å²) in [7, 11) is 0. The zero-order valence-corrected chi connectivity index (χ0v) is 11.0. The van der Waals surface area contributed by atoms with Crippen LogP contribution >= 0.6 is 23.2 Å². The monoisotopic (exact) mass is 268 g/mol. The van der Waals surface area contributed by atoms with Crippen molar-refractivity contribution in [2.45, 2.75) is 12.8 Å². The Morgan fingerprint density at radius 2 is 2.18 bits per heavy atom. The van der Waals surface area contributed by atoms with Crippen LogP contribution in [0, 0.1) is 0 Å². The molecule has 1 fully saturated rings. The number of benzene rings is 1. The van der Waals surface area contributed by atoms with Crippen molar-refractivity contribution in [3.05, 3.63) is 40.9 Å². The van der Waals surface area contributed by atoms with Gasteiger partial charge in [-0.2, -0.15) is 0 Å². The standard InChI is InChI=1S/C13H14Cl2N2/c1-2-7-17-8-3-4-13(17)16-10-5-6-11(14)12(15)9-10/h2,5-6,9H,1,3-4,7-8H2. The van der Waals surface area contributed by atoms with E-state index in [0.29, 0.717) is 10.0 Å². The van der Waals surface area contributed by atoms with Crippen molar-refractivity contribution in [1.29, 1.82) is 0 Å². The van der Waals surface area contributed by atoms with E-state index in [9.17, 15) is 0 Å². The van der Waals surface area contributed by atoms with Gasteiger partial charge in [-0.25, -0.2) is 4.99 Å². The summed E-state index contributed by atoms with van der Waals surface area (Å²) in [6, 6.07) is 5.45. The lowest BCUT2D eigenvalue weighted by molar-refractivity contribution is 0.502. The number of likely N-dealkylation sites (tertiary alicyclic amines) is 1. The Bertz CT molecular complexity index is 455. The van der Waals surface area contributed by atoms with Gasteiger partial charge in [0.2, 0.25) is 0 Å². The molecule has 1 aromatic rings. The van der Waals surface area contributed by atoms with E-state index in [2.05, 4.69) is 16.5 Å². The molecule has 1 aromatic carbocycles. The molecule has 0 bridgehead atoms. The number of amidine groups is 1. The van der Waals surface area contributed by atoms with E-state index in [-0.39, 0.29) is 0 Å². The van der Waals surface area contributed by atoms with E-state index in [1.165, 1.54) is 0 Å². The van der Waals surface area contributed by atoms with Gasteiger partial charge in [-0.1, -0.05) is 29.3 Å². The topological polar surface area (TPSA) is 15.6 Å². The van der Waals surface area contributed by atoms with Crippen molar-refractivity contribution in [1.82, 2.24) is 4.90 Å². The van der Waals surface area contributed by atoms with E-state index in [0.717, 1.165) is 37.5 Å². The molecule has 0 saturated carbocycles. The third-order valence-electron chi connectivity index (χ3n) is 2.70. The van der Waals surface area contributed by atoms with Crippen LogP contribution in [0.5, 0.6) is 0 Å². The lowest BCUT2D eigenvalue weighted by Gasteiger charge is -2.16. The van der Waals surface area contributed by atoms with Gasteiger partial charge in [0.25, 0.3) is 0 Å². The Morgan fingerprint density at radius 1 is 1.35 bits per heavy atom. The van der Waals surface area contributed by atoms with Crippen LogP contribution in [0.4, 0.5) is 5.69 Å². The van der Waals surface area contributed by atoms with Crippen LogP contribution in [0.3, 0.4) is 0 Å². The Kier molecular flexibility index (Phi) is 4.08. The highest BCUT2D eigenvalue weighted by Crippen LogP contribution is 2.27. The first-order chi connectivity index (χ1) is 8.20. The van der Waals surface area contributed by atoms with Crippen LogP contribution in [0.25, 0.3) is 0 Å². The molecule has 4 heteroatoms. The van der Waals surface area contributed by atoms with Gasteiger partial charge in [0.1, 0.15) is 5.84 Å². The molecule has 0 aromatic heterocycles. The first-order valence-corrected chi connectivity index (χ1v) is 6.35. The molecule has 90 valence electrons. The van der Waals surface area contributed by atoms with E-state index < -0.39 is 0 Å². The van der Waals surface area contributed by atoms with Crippen LogP contribution < -0.4 is 0 Å². The fourth-order valence-corrected chi connectivity index (χ4v) is 2.19. The van der Waals surface area contributed by atoms with Gasteiger partial charge >= 0.3 is 0 Å². The first kappa shape index (κ1) is 12.5. The molecule has 1 aliphatic rings. The Balaban J connectivity index is 2.22. The SMILES string of the molecule is C=CCN1CCCC1=Nc1ccc(Cl)c(Cl)c1. The van der Waals surface area contributed by atoms with E-state index >= 15 is 0 Å². The quantitative estimate of drug-likeness (QED) is 0.747. The van der Waals surface area contributed by atoms with Gasteiger partial charge in [-0.05, 0) is 24.6 Å². The molecule has 17 heavy (non-hydrogen) atoms. The second-order valence-electron chi connectivity index (χ2n) is 3.96. The lowest BCUT2D eigenvalue weighted by atomic mass is 10.3. The molecule has 2 rings (SSSR count). The zero-order chi connectivity index (χ0) is 12.3. The van der Waals surface area contributed by atoms with Crippen molar-refractivity contribution in [3.8, 4) is 0 Å². The van der Waals surface area contributed by atoms with Gasteiger partial charge in [-0.15, -0.1) is 6.58 Å². The fraction of sp³-hybridized carbons (Fsp3) is 0.308. The van der Waals surface area contributed by atoms with Crippen LogP contribution in [0.1, 0.15) is 12.8 Å². The molecular weight excluding hydrogens is 255 g/mol. The minimum atomic E-state index is 0.543. The van der Waals surface area contributed by atoms with E-state index in [1.54, 1.807) is 12.1 Å². The molecule has 1 saturated heterocycles. The number of hydrogen-bond donors (Lipinski definition) is 0. The number of hydrogen-bond acceptors (Lipinski definition) is 1. The number of aliphatic imine (C=N–C) groups is 1. The van der Waals surface area contributed by atoms with Gasteiger partial charge in [0.15, 0.2) is 0 Å². The summed E-state index contributed by atoms with van der Waals surface area (Å²) in [5.74, 6) is 1.10.